The maximum Gasteiger partial charge on any atom is 0.266 e. The molecule has 206 valence electrons. The van der Waals surface area contributed by atoms with Crippen molar-refractivity contribution in [2.45, 2.75) is 44.3 Å². The van der Waals surface area contributed by atoms with Crippen molar-refractivity contribution >= 4 is 33.0 Å². The summed E-state index contributed by atoms with van der Waals surface area (Å²) in [5, 5.41) is 12.4. The van der Waals surface area contributed by atoms with Gasteiger partial charge in [0.1, 0.15) is 22.3 Å². The van der Waals surface area contributed by atoms with Crippen LogP contribution in [0.1, 0.15) is 46.5 Å². The lowest BCUT2D eigenvalue weighted by molar-refractivity contribution is 0.0605. The number of nitrogens with zero attached hydrogens (tertiary/aromatic N) is 2. The lowest BCUT2D eigenvalue weighted by atomic mass is 9.89. The Balaban J connectivity index is 1.55. The summed E-state index contributed by atoms with van der Waals surface area (Å²) in [6.45, 7) is 0.236. The number of nitrogens with two attached hydrogens (primary N) is 1. The third kappa shape index (κ3) is 5.25. The molecule has 1 saturated carbocycles. The highest BCUT2D eigenvalue weighted by Gasteiger charge is 2.33. The molecule has 9 heteroatoms. The Kier molecular flexibility index (Phi) is 8.01. The third-order valence-corrected chi connectivity index (χ3v) is 8.95. The van der Waals surface area contributed by atoms with Crippen LogP contribution in [0.4, 0.5) is 14.5 Å². The molecule has 1 aliphatic rings. The second-order valence-corrected chi connectivity index (χ2v) is 11.0. The van der Waals surface area contributed by atoms with Gasteiger partial charge in [-0.2, -0.15) is 5.26 Å². The average Bonchev–Trinajstić information content (AvgIpc) is 3.35. The van der Waals surface area contributed by atoms with Gasteiger partial charge in [0.05, 0.1) is 34.5 Å². The highest BCUT2D eigenvalue weighted by molar-refractivity contribution is 7.21. The number of fused-ring (bicyclic) bond motifs is 1. The summed E-state index contributed by atoms with van der Waals surface area (Å²) >= 11 is 0.893. The second kappa shape index (κ2) is 11.6. The highest BCUT2D eigenvalue weighted by Crippen LogP contribution is 2.39. The lowest BCUT2D eigenvalue weighted by Crippen LogP contribution is -2.44. The molecule has 0 saturated heterocycles. The van der Waals surface area contributed by atoms with E-state index in [1.165, 1.54) is 0 Å². The summed E-state index contributed by atoms with van der Waals surface area (Å²) in [5.41, 5.74) is 9.47. The van der Waals surface area contributed by atoms with Gasteiger partial charge in [0.25, 0.3) is 5.91 Å². The first-order chi connectivity index (χ1) is 19.3. The second-order valence-electron chi connectivity index (χ2n) is 10.0. The third-order valence-electron chi connectivity index (χ3n) is 7.75. The van der Waals surface area contributed by atoms with E-state index in [2.05, 4.69) is 11.4 Å². The Morgan fingerprint density at radius 2 is 1.75 bits per heavy atom. The molecule has 0 radical (unpaired) electrons. The molecule has 6 nitrogen and oxygen atoms in total. The molecular formula is C31H30F2N4O2S. The predicted molar refractivity (Wildman–Crippen MR) is 154 cm³/mol. The number of hydrogen-bond donors (Lipinski definition) is 2. The van der Waals surface area contributed by atoms with E-state index in [1.807, 2.05) is 37.4 Å². The van der Waals surface area contributed by atoms with E-state index in [1.54, 1.807) is 24.1 Å². The Morgan fingerprint density at radius 1 is 1.07 bits per heavy atom. The van der Waals surface area contributed by atoms with Crippen LogP contribution in [-0.2, 0) is 6.54 Å². The summed E-state index contributed by atoms with van der Waals surface area (Å²) in [7, 11) is 3.52. The van der Waals surface area contributed by atoms with Crippen molar-refractivity contribution in [1.82, 2.24) is 10.2 Å². The number of amides is 1. The van der Waals surface area contributed by atoms with Crippen LogP contribution >= 0.6 is 11.3 Å². The fourth-order valence-corrected chi connectivity index (χ4v) is 6.58. The molecule has 1 amide bonds. The summed E-state index contributed by atoms with van der Waals surface area (Å²) in [5.74, 6) is -0.983. The normalized spacial score (nSPS) is 17.0. The van der Waals surface area contributed by atoms with Gasteiger partial charge in [0, 0.05) is 24.2 Å². The molecule has 4 aromatic rings. The molecule has 3 aromatic carbocycles. The van der Waals surface area contributed by atoms with E-state index in [-0.39, 0.29) is 39.1 Å². The maximum atomic E-state index is 14.6. The Labute approximate surface area is 236 Å². The molecule has 0 spiro atoms. The van der Waals surface area contributed by atoms with Crippen LogP contribution in [0.3, 0.4) is 0 Å². The Bertz CT molecular complexity index is 1590. The van der Waals surface area contributed by atoms with E-state index in [0.717, 1.165) is 65.8 Å². The van der Waals surface area contributed by atoms with Gasteiger partial charge in [-0.05, 0) is 80.3 Å². The summed E-state index contributed by atoms with van der Waals surface area (Å²) < 4.78 is 34.9. The van der Waals surface area contributed by atoms with Crippen molar-refractivity contribution in [3.63, 3.8) is 0 Å². The van der Waals surface area contributed by atoms with Crippen LogP contribution in [0.15, 0.2) is 54.6 Å². The van der Waals surface area contributed by atoms with Gasteiger partial charge in [-0.15, -0.1) is 11.3 Å². The molecule has 0 unspecified atom stereocenters. The molecule has 1 heterocycles. The number of rotatable bonds is 7. The van der Waals surface area contributed by atoms with E-state index in [0.29, 0.717) is 17.4 Å². The van der Waals surface area contributed by atoms with Gasteiger partial charge in [0.2, 0.25) is 0 Å². The number of halogens is 2. The quantitative estimate of drug-likeness (QED) is 0.270. The Hall–Kier alpha value is -4.00. The van der Waals surface area contributed by atoms with Crippen molar-refractivity contribution < 1.29 is 18.3 Å². The number of anilines is 1. The first-order valence-electron chi connectivity index (χ1n) is 13.2. The van der Waals surface area contributed by atoms with E-state index in [4.69, 9.17) is 15.7 Å². The number of nitrogen functional groups attached to an aromatic ring is 1. The molecule has 3 N–H and O–H groups in total. The van der Waals surface area contributed by atoms with Gasteiger partial charge in [-0.25, -0.2) is 8.78 Å². The van der Waals surface area contributed by atoms with Crippen LogP contribution in [0.5, 0.6) is 5.75 Å². The van der Waals surface area contributed by atoms with Crippen molar-refractivity contribution in [3.8, 4) is 22.9 Å². The molecule has 1 aromatic heterocycles. The minimum absolute atomic E-state index is 0.0331. The number of carbonyl (C=O) groups excluding carboxylic acids is 1. The van der Waals surface area contributed by atoms with Crippen LogP contribution in [-0.4, -0.2) is 37.0 Å². The van der Waals surface area contributed by atoms with Gasteiger partial charge in [-0.1, -0.05) is 18.2 Å². The fraction of sp³-hybridized carbons (Fsp3) is 0.290. The maximum absolute atomic E-state index is 14.6. The molecule has 0 atom stereocenters. The number of carbonyl (C=O) groups is 1. The zero-order valence-electron chi connectivity index (χ0n) is 22.3. The van der Waals surface area contributed by atoms with Crippen LogP contribution in [0.2, 0.25) is 0 Å². The lowest BCUT2D eigenvalue weighted by Gasteiger charge is -2.37. The van der Waals surface area contributed by atoms with E-state index >= 15 is 0 Å². The van der Waals surface area contributed by atoms with Crippen LogP contribution < -0.4 is 15.8 Å². The van der Waals surface area contributed by atoms with Gasteiger partial charge >= 0.3 is 0 Å². The largest absolute Gasteiger partial charge is 0.496 e. The standard InChI is InChI=1S/C31H30F2N4O2S/c1-36-22-8-10-23(11-9-22)37(31(38)30-28(35)27-24(32)12-13-25(33)29(27)40-30)17-21-15-20(7-14-26(21)39-2)19-5-3-18(16-34)4-6-19/h3-7,12-15,22-23,36H,8-11,17,35H2,1-2H3. The minimum Gasteiger partial charge on any atom is -0.496 e. The topological polar surface area (TPSA) is 91.4 Å². The molecule has 1 aliphatic carbocycles. The number of methoxy groups -OCH3 is 1. The minimum atomic E-state index is -0.651. The fourth-order valence-electron chi connectivity index (χ4n) is 5.49. The number of hydrogen-bond acceptors (Lipinski definition) is 6. The number of ether oxygens (including phenoxy) is 1. The number of nitrogens with one attached hydrogen (secondary N) is 1. The molecule has 0 bridgehead atoms. The predicted octanol–water partition coefficient (Wildman–Crippen LogP) is 6.48. The van der Waals surface area contributed by atoms with Gasteiger partial charge < -0.3 is 20.7 Å². The number of nitriles is 1. The van der Waals surface area contributed by atoms with Gasteiger partial charge in [0.15, 0.2) is 0 Å². The molecule has 1 fully saturated rings. The monoisotopic (exact) mass is 560 g/mol. The summed E-state index contributed by atoms with van der Waals surface area (Å²) in [6.07, 6.45) is 3.36. The first-order valence-corrected chi connectivity index (χ1v) is 14.0. The number of thiophene rings is 1. The smallest absolute Gasteiger partial charge is 0.266 e. The summed E-state index contributed by atoms with van der Waals surface area (Å²) in [4.78, 5) is 16.1. The Morgan fingerprint density at radius 3 is 2.38 bits per heavy atom. The SMILES string of the molecule is CNC1CCC(N(Cc2cc(-c3ccc(C#N)cc3)ccc2OC)C(=O)c2sc3c(F)ccc(F)c3c2N)CC1. The first kappa shape index (κ1) is 27.6. The molecule has 40 heavy (non-hydrogen) atoms. The zero-order valence-corrected chi connectivity index (χ0v) is 23.2. The molecule has 5 rings (SSSR count). The van der Waals surface area contributed by atoms with Crippen molar-refractivity contribution in [2.75, 3.05) is 19.9 Å². The van der Waals surface area contributed by atoms with Crippen molar-refractivity contribution in [1.29, 1.82) is 5.26 Å². The van der Waals surface area contributed by atoms with Crippen molar-refractivity contribution in [2.24, 2.45) is 0 Å². The van der Waals surface area contributed by atoms with Crippen LogP contribution in [0.25, 0.3) is 21.2 Å². The molecule has 0 aliphatic heterocycles. The highest BCUT2D eigenvalue weighted by atomic mass is 32.1. The number of benzene rings is 3. The zero-order chi connectivity index (χ0) is 28.4. The van der Waals surface area contributed by atoms with Gasteiger partial charge in [-0.3, -0.25) is 4.79 Å². The average molecular weight is 561 g/mol. The van der Waals surface area contributed by atoms with E-state index < -0.39 is 11.6 Å². The van der Waals surface area contributed by atoms with Crippen molar-refractivity contribution in [3.05, 3.63) is 82.2 Å². The van der Waals surface area contributed by atoms with Crippen LogP contribution in [0, 0.1) is 23.0 Å². The van der Waals surface area contributed by atoms with E-state index in [9.17, 15) is 13.6 Å². The molecular weight excluding hydrogens is 530 g/mol. The summed E-state index contributed by atoms with van der Waals surface area (Å²) in [6, 6.07) is 17.6.